The monoisotopic (exact) mass is 295 g/mol. The number of sulfonamides is 1. The standard InChI is InChI=1S/C14H21N3O2S/c1-14(2,9-15)12-7-17-13-5-4-10(6-11(12)13)8-20(18,19)16-3/h4-7,16-17H,8-9,15H2,1-3H3. The van der Waals surface area contributed by atoms with E-state index in [4.69, 9.17) is 5.73 Å². The first-order valence-corrected chi connectivity index (χ1v) is 8.16. The Morgan fingerprint density at radius 1 is 1.35 bits per heavy atom. The molecule has 1 heterocycles. The number of nitrogens with two attached hydrogens (primary N) is 1. The summed E-state index contributed by atoms with van der Waals surface area (Å²) in [6, 6.07) is 5.66. The van der Waals surface area contributed by atoms with Crippen molar-refractivity contribution in [3.63, 3.8) is 0 Å². The van der Waals surface area contributed by atoms with Crippen LogP contribution in [0.1, 0.15) is 25.0 Å². The Morgan fingerprint density at radius 3 is 2.65 bits per heavy atom. The molecule has 110 valence electrons. The second-order valence-electron chi connectivity index (χ2n) is 5.63. The third kappa shape index (κ3) is 2.87. The first kappa shape index (κ1) is 15.0. The number of fused-ring (bicyclic) bond motifs is 1. The van der Waals surface area contributed by atoms with Crippen molar-refractivity contribution >= 4 is 20.9 Å². The zero-order valence-corrected chi connectivity index (χ0v) is 12.8. The van der Waals surface area contributed by atoms with Crippen LogP contribution >= 0.6 is 0 Å². The van der Waals surface area contributed by atoms with Crippen molar-refractivity contribution in [1.82, 2.24) is 9.71 Å². The van der Waals surface area contributed by atoms with Crippen LogP contribution in [-0.2, 0) is 21.2 Å². The number of rotatable bonds is 5. The van der Waals surface area contributed by atoms with Gasteiger partial charge in [0.1, 0.15) is 0 Å². The van der Waals surface area contributed by atoms with Crippen LogP contribution < -0.4 is 10.5 Å². The number of hydrogen-bond acceptors (Lipinski definition) is 3. The quantitative estimate of drug-likeness (QED) is 0.780. The van der Waals surface area contributed by atoms with Gasteiger partial charge < -0.3 is 10.7 Å². The van der Waals surface area contributed by atoms with Crippen LogP contribution in [0.25, 0.3) is 10.9 Å². The molecular formula is C14H21N3O2S. The summed E-state index contributed by atoms with van der Waals surface area (Å²) in [7, 11) is -1.84. The van der Waals surface area contributed by atoms with E-state index in [0.29, 0.717) is 6.54 Å². The maximum Gasteiger partial charge on any atom is 0.215 e. The fourth-order valence-electron chi connectivity index (χ4n) is 2.22. The molecule has 1 aromatic heterocycles. The Bertz CT molecular complexity index is 717. The molecule has 0 amide bonds. The summed E-state index contributed by atoms with van der Waals surface area (Å²) in [4.78, 5) is 3.21. The van der Waals surface area contributed by atoms with E-state index in [0.717, 1.165) is 22.0 Å². The van der Waals surface area contributed by atoms with Gasteiger partial charge in [-0.25, -0.2) is 13.1 Å². The smallest absolute Gasteiger partial charge is 0.215 e. The van der Waals surface area contributed by atoms with Gasteiger partial charge in [-0.05, 0) is 30.3 Å². The molecule has 2 aromatic rings. The topological polar surface area (TPSA) is 88.0 Å². The zero-order valence-electron chi connectivity index (χ0n) is 12.0. The molecule has 0 aliphatic carbocycles. The maximum absolute atomic E-state index is 11.6. The van der Waals surface area contributed by atoms with Crippen molar-refractivity contribution in [3.8, 4) is 0 Å². The van der Waals surface area contributed by atoms with E-state index in [2.05, 4.69) is 23.6 Å². The normalized spacial score (nSPS) is 13.0. The maximum atomic E-state index is 11.6. The van der Waals surface area contributed by atoms with Gasteiger partial charge in [0.05, 0.1) is 5.75 Å². The van der Waals surface area contributed by atoms with Crippen molar-refractivity contribution in [3.05, 3.63) is 35.5 Å². The van der Waals surface area contributed by atoms with Crippen molar-refractivity contribution in [2.24, 2.45) is 5.73 Å². The van der Waals surface area contributed by atoms with E-state index in [1.165, 1.54) is 7.05 Å². The molecule has 20 heavy (non-hydrogen) atoms. The van der Waals surface area contributed by atoms with Gasteiger partial charge in [-0.15, -0.1) is 0 Å². The van der Waals surface area contributed by atoms with Gasteiger partial charge in [-0.3, -0.25) is 0 Å². The average molecular weight is 295 g/mol. The third-order valence-electron chi connectivity index (χ3n) is 3.65. The van der Waals surface area contributed by atoms with Gasteiger partial charge in [0.15, 0.2) is 0 Å². The molecule has 0 spiro atoms. The first-order valence-electron chi connectivity index (χ1n) is 6.51. The highest BCUT2D eigenvalue weighted by Crippen LogP contribution is 2.30. The van der Waals surface area contributed by atoms with Crippen molar-refractivity contribution < 1.29 is 8.42 Å². The largest absolute Gasteiger partial charge is 0.361 e. The highest BCUT2D eigenvalue weighted by atomic mass is 32.2. The Hall–Kier alpha value is -1.37. The third-order valence-corrected chi connectivity index (χ3v) is 4.99. The van der Waals surface area contributed by atoms with Gasteiger partial charge in [-0.1, -0.05) is 19.9 Å². The Labute approximate surface area is 119 Å². The molecule has 0 bridgehead atoms. The number of aromatic amines is 1. The minimum atomic E-state index is -3.26. The van der Waals surface area contributed by atoms with E-state index in [1.807, 2.05) is 24.4 Å². The molecule has 6 heteroatoms. The van der Waals surface area contributed by atoms with E-state index < -0.39 is 10.0 Å². The molecule has 1 aromatic carbocycles. The van der Waals surface area contributed by atoms with Gasteiger partial charge in [0.25, 0.3) is 0 Å². The van der Waals surface area contributed by atoms with Crippen LogP contribution in [0.5, 0.6) is 0 Å². The van der Waals surface area contributed by atoms with Gasteiger partial charge in [-0.2, -0.15) is 0 Å². The lowest BCUT2D eigenvalue weighted by molar-refractivity contribution is 0.544. The second kappa shape index (κ2) is 5.20. The average Bonchev–Trinajstić information content (AvgIpc) is 2.82. The Kier molecular flexibility index (Phi) is 3.90. The van der Waals surface area contributed by atoms with Crippen LogP contribution in [0.4, 0.5) is 0 Å². The van der Waals surface area contributed by atoms with Crippen LogP contribution in [0, 0.1) is 0 Å². The first-order chi connectivity index (χ1) is 9.29. The lowest BCUT2D eigenvalue weighted by atomic mass is 9.84. The summed E-state index contributed by atoms with van der Waals surface area (Å²) in [6.45, 7) is 4.68. The minimum Gasteiger partial charge on any atom is -0.361 e. The summed E-state index contributed by atoms with van der Waals surface area (Å²) in [5.74, 6) is -0.0207. The molecule has 0 saturated carbocycles. The van der Waals surface area contributed by atoms with Crippen molar-refractivity contribution in [2.75, 3.05) is 13.6 Å². The predicted molar refractivity (Wildman–Crippen MR) is 82.1 cm³/mol. The molecular weight excluding hydrogens is 274 g/mol. The van der Waals surface area contributed by atoms with E-state index in [-0.39, 0.29) is 11.2 Å². The summed E-state index contributed by atoms with van der Waals surface area (Å²) >= 11 is 0. The number of hydrogen-bond donors (Lipinski definition) is 3. The van der Waals surface area contributed by atoms with Crippen LogP contribution in [0.2, 0.25) is 0 Å². The predicted octanol–water partition coefficient (Wildman–Crippen LogP) is 1.45. The van der Waals surface area contributed by atoms with Gasteiger partial charge >= 0.3 is 0 Å². The molecule has 0 aliphatic rings. The summed E-state index contributed by atoms with van der Waals surface area (Å²) < 4.78 is 25.6. The highest BCUT2D eigenvalue weighted by Gasteiger charge is 2.22. The van der Waals surface area contributed by atoms with Crippen molar-refractivity contribution in [2.45, 2.75) is 25.0 Å². The highest BCUT2D eigenvalue weighted by molar-refractivity contribution is 7.88. The fraction of sp³-hybridized carbons (Fsp3) is 0.429. The molecule has 0 atom stereocenters. The van der Waals surface area contributed by atoms with E-state index >= 15 is 0 Å². The molecule has 2 rings (SSSR count). The van der Waals surface area contributed by atoms with Crippen molar-refractivity contribution in [1.29, 1.82) is 0 Å². The lowest BCUT2D eigenvalue weighted by Crippen LogP contribution is -2.27. The SMILES string of the molecule is CNS(=O)(=O)Cc1ccc2[nH]cc(C(C)(C)CN)c2c1. The summed E-state index contributed by atoms with van der Waals surface area (Å²) in [5.41, 5.74) is 8.54. The van der Waals surface area contributed by atoms with Crippen LogP contribution in [-0.4, -0.2) is 27.0 Å². The second-order valence-corrected chi connectivity index (χ2v) is 7.56. The van der Waals surface area contributed by atoms with Crippen LogP contribution in [0.3, 0.4) is 0 Å². The molecule has 0 radical (unpaired) electrons. The summed E-state index contributed by atoms with van der Waals surface area (Å²) in [6.07, 6.45) is 1.95. The number of benzene rings is 1. The Balaban J connectivity index is 2.50. The number of nitrogens with one attached hydrogen (secondary N) is 2. The fourth-order valence-corrected chi connectivity index (χ4v) is 2.98. The Morgan fingerprint density at radius 2 is 2.05 bits per heavy atom. The minimum absolute atomic E-state index is 0.0207. The molecule has 0 unspecified atom stereocenters. The number of H-pyrrole nitrogens is 1. The zero-order chi connectivity index (χ0) is 15.0. The number of aromatic nitrogens is 1. The molecule has 0 fully saturated rings. The lowest BCUT2D eigenvalue weighted by Gasteiger charge is -2.22. The van der Waals surface area contributed by atoms with E-state index in [9.17, 15) is 8.42 Å². The van der Waals surface area contributed by atoms with Crippen LogP contribution in [0.15, 0.2) is 24.4 Å². The molecule has 4 N–H and O–H groups in total. The van der Waals surface area contributed by atoms with Gasteiger partial charge in [0.2, 0.25) is 10.0 Å². The van der Waals surface area contributed by atoms with Gasteiger partial charge in [0, 0.05) is 29.1 Å². The molecule has 5 nitrogen and oxygen atoms in total. The molecule has 0 aliphatic heterocycles. The van der Waals surface area contributed by atoms with E-state index in [1.54, 1.807) is 0 Å². The molecule has 0 saturated heterocycles. The summed E-state index contributed by atoms with van der Waals surface area (Å²) in [5, 5.41) is 1.03.